The van der Waals surface area contributed by atoms with Crippen molar-refractivity contribution < 1.29 is 8.42 Å². The van der Waals surface area contributed by atoms with Gasteiger partial charge in [-0.1, -0.05) is 140 Å². The highest BCUT2D eigenvalue weighted by Gasteiger charge is 2.24. The topological polar surface area (TPSA) is 37.4 Å². The molecule has 0 aliphatic rings. The summed E-state index contributed by atoms with van der Waals surface area (Å²) in [6, 6.07) is 18.3. The average molecular weight is 486 g/mol. The van der Waals surface area contributed by atoms with E-state index < -0.39 is 10.0 Å². The van der Waals surface area contributed by atoms with Crippen molar-refractivity contribution in [1.29, 1.82) is 0 Å². The second kappa shape index (κ2) is 17.6. The Kier molecular flexibility index (Phi) is 14.7. The van der Waals surface area contributed by atoms with E-state index in [4.69, 9.17) is 0 Å². The fourth-order valence-corrected chi connectivity index (χ4v) is 6.03. The third-order valence-electron chi connectivity index (χ3n) is 6.59. The van der Waals surface area contributed by atoms with Gasteiger partial charge in [-0.3, -0.25) is 4.31 Å². The van der Waals surface area contributed by atoms with Gasteiger partial charge in [0.15, 0.2) is 0 Å². The van der Waals surface area contributed by atoms with Crippen molar-refractivity contribution in [3.63, 3.8) is 0 Å². The van der Waals surface area contributed by atoms with Crippen LogP contribution in [0, 0.1) is 0 Å². The first-order chi connectivity index (χ1) is 16.7. The van der Waals surface area contributed by atoms with Crippen LogP contribution in [-0.2, 0) is 10.0 Å². The van der Waals surface area contributed by atoms with Crippen LogP contribution in [0.25, 0.3) is 0 Å². The molecule has 4 heteroatoms. The van der Waals surface area contributed by atoms with Crippen molar-refractivity contribution in [1.82, 2.24) is 0 Å². The molecule has 0 fully saturated rings. The van der Waals surface area contributed by atoms with Gasteiger partial charge in [-0.15, -0.1) is 0 Å². The van der Waals surface area contributed by atoms with Crippen LogP contribution in [0.15, 0.2) is 65.6 Å². The standard InChI is InChI=1S/C30H47NO2S/c1-2-3-4-5-6-7-8-9-10-11-12-13-14-15-16-23-28-31(29-24-19-17-20-25-29)34(32,33)30-26-21-18-22-27-30/h17-22,24-27H,2-16,23,28H2,1H3. The van der Waals surface area contributed by atoms with E-state index in [0.29, 0.717) is 11.4 Å². The van der Waals surface area contributed by atoms with E-state index in [1.54, 1.807) is 28.6 Å². The van der Waals surface area contributed by atoms with Gasteiger partial charge in [0.2, 0.25) is 0 Å². The number of para-hydroxylation sites is 1. The molecule has 2 rings (SSSR count). The fourth-order valence-electron chi connectivity index (χ4n) is 4.51. The summed E-state index contributed by atoms with van der Waals surface area (Å²) >= 11 is 0. The summed E-state index contributed by atoms with van der Waals surface area (Å²) in [7, 11) is -3.54. The molecule has 2 aromatic carbocycles. The molecule has 190 valence electrons. The van der Waals surface area contributed by atoms with Gasteiger partial charge in [-0.2, -0.15) is 0 Å². The molecule has 0 N–H and O–H groups in total. The number of hydrogen-bond acceptors (Lipinski definition) is 2. The molecule has 0 aliphatic carbocycles. The summed E-state index contributed by atoms with van der Waals surface area (Å²) in [6.07, 6.45) is 21.1. The molecule has 0 spiro atoms. The number of unbranched alkanes of at least 4 members (excludes halogenated alkanes) is 15. The van der Waals surface area contributed by atoms with E-state index in [1.165, 1.54) is 89.9 Å². The van der Waals surface area contributed by atoms with E-state index in [1.807, 2.05) is 36.4 Å². The quantitative estimate of drug-likeness (QED) is 0.175. The number of hydrogen-bond donors (Lipinski definition) is 0. The maximum absolute atomic E-state index is 13.3. The van der Waals surface area contributed by atoms with Crippen LogP contribution >= 0.6 is 0 Å². The molecule has 2 aromatic rings. The molecule has 0 saturated heterocycles. The maximum atomic E-state index is 13.3. The third-order valence-corrected chi connectivity index (χ3v) is 8.43. The van der Waals surface area contributed by atoms with Crippen LogP contribution in [0.3, 0.4) is 0 Å². The zero-order chi connectivity index (χ0) is 24.3. The van der Waals surface area contributed by atoms with E-state index in [9.17, 15) is 8.42 Å². The van der Waals surface area contributed by atoms with E-state index >= 15 is 0 Å². The normalized spacial score (nSPS) is 11.6. The van der Waals surface area contributed by atoms with Gasteiger partial charge in [0.25, 0.3) is 10.0 Å². The predicted octanol–water partition coefficient (Wildman–Crippen LogP) is 9.14. The number of sulfonamides is 1. The van der Waals surface area contributed by atoms with Gasteiger partial charge in [-0.25, -0.2) is 8.42 Å². The van der Waals surface area contributed by atoms with Gasteiger partial charge in [0.1, 0.15) is 0 Å². The van der Waals surface area contributed by atoms with Crippen LogP contribution in [-0.4, -0.2) is 15.0 Å². The first-order valence-corrected chi connectivity index (χ1v) is 15.2. The van der Waals surface area contributed by atoms with E-state index in [2.05, 4.69) is 6.92 Å². The lowest BCUT2D eigenvalue weighted by molar-refractivity contribution is 0.529. The Balaban J connectivity index is 1.59. The Morgan fingerprint density at radius 1 is 0.529 bits per heavy atom. The lowest BCUT2D eigenvalue weighted by Gasteiger charge is -2.24. The van der Waals surface area contributed by atoms with Gasteiger partial charge >= 0.3 is 0 Å². The van der Waals surface area contributed by atoms with E-state index in [0.717, 1.165) is 18.5 Å². The summed E-state index contributed by atoms with van der Waals surface area (Å²) in [4.78, 5) is 0.357. The minimum atomic E-state index is -3.54. The smallest absolute Gasteiger partial charge is 0.264 e. The Morgan fingerprint density at radius 3 is 1.35 bits per heavy atom. The molecular weight excluding hydrogens is 438 g/mol. The van der Waals surface area contributed by atoms with Gasteiger partial charge in [-0.05, 0) is 30.7 Å². The Morgan fingerprint density at radius 2 is 0.912 bits per heavy atom. The number of nitrogens with zero attached hydrogens (tertiary/aromatic N) is 1. The Hall–Kier alpha value is -1.81. The van der Waals surface area contributed by atoms with Crippen molar-refractivity contribution >= 4 is 15.7 Å². The SMILES string of the molecule is CCCCCCCCCCCCCCCCCCN(c1ccccc1)S(=O)(=O)c1ccccc1. The highest BCUT2D eigenvalue weighted by Crippen LogP contribution is 2.24. The van der Waals surface area contributed by atoms with Crippen molar-refractivity contribution in [3.8, 4) is 0 Å². The molecule has 0 atom stereocenters. The fraction of sp³-hybridized carbons (Fsp3) is 0.600. The number of rotatable bonds is 20. The first-order valence-electron chi connectivity index (χ1n) is 13.8. The minimum Gasteiger partial charge on any atom is -0.266 e. The Bertz CT molecular complexity index is 837. The van der Waals surface area contributed by atoms with Crippen LogP contribution in [0.1, 0.15) is 110 Å². The summed E-state index contributed by atoms with van der Waals surface area (Å²) in [5, 5.41) is 0. The van der Waals surface area contributed by atoms with Crippen molar-refractivity contribution in [2.45, 2.75) is 115 Å². The lowest BCUT2D eigenvalue weighted by atomic mass is 10.0. The molecule has 34 heavy (non-hydrogen) atoms. The van der Waals surface area contributed by atoms with Crippen molar-refractivity contribution in [2.24, 2.45) is 0 Å². The molecule has 0 saturated carbocycles. The highest BCUT2D eigenvalue weighted by molar-refractivity contribution is 7.92. The van der Waals surface area contributed by atoms with Crippen LogP contribution in [0.5, 0.6) is 0 Å². The largest absolute Gasteiger partial charge is 0.266 e. The molecule has 0 amide bonds. The molecular formula is C30H47NO2S. The van der Waals surface area contributed by atoms with Crippen LogP contribution in [0.2, 0.25) is 0 Å². The van der Waals surface area contributed by atoms with Gasteiger partial charge in [0, 0.05) is 6.54 Å². The van der Waals surface area contributed by atoms with Crippen molar-refractivity contribution in [2.75, 3.05) is 10.8 Å². The molecule has 0 aromatic heterocycles. The van der Waals surface area contributed by atoms with E-state index in [-0.39, 0.29) is 0 Å². The molecule has 0 aliphatic heterocycles. The molecule has 0 radical (unpaired) electrons. The second-order valence-electron chi connectivity index (χ2n) is 9.53. The molecule has 3 nitrogen and oxygen atoms in total. The van der Waals surface area contributed by atoms with Gasteiger partial charge in [0.05, 0.1) is 10.6 Å². The zero-order valence-corrected chi connectivity index (χ0v) is 22.3. The number of benzene rings is 2. The molecule has 0 bridgehead atoms. The zero-order valence-electron chi connectivity index (χ0n) is 21.5. The second-order valence-corrected chi connectivity index (χ2v) is 11.4. The Labute approximate surface area is 210 Å². The summed E-state index contributed by atoms with van der Waals surface area (Å²) in [6.45, 7) is 2.80. The maximum Gasteiger partial charge on any atom is 0.264 e. The monoisotopic (exact) mass is 485 g/mol. The van der Waals surface area contributed by atoms with Crippen molar-refractivity contribution in [3.05, 3.63) is 60.7 Å². The first kappa shape index (κ1) is 28.4. The molecule has 0 heterocycles. The minimum absolute atomic E-state index is 0.357. The van der Waals surface area contributed by atoms with Crippen LogP contribution < -0.4 is 4.31 Å². The average Bonchev–Trinajstić information content (AvgIpc) is 2.87. The molecule has 0 unspecified atom stereocenters. The highest BCUT2D eigenvalue weighted by atomic mass is 32.2. The van der Waals surface area contributed by atoms with Gasteiger partial charge < -0.3 is 0 Å². The summed E-state index contributed by atoms with van der Waals surface area (Å²) in [5.41, 5.74) is 0.743. The summed E-state index contributed by atoms with van der Waals surface area (Å²) < 4.78 is 28.1. The summed E-state index contributed by atoms with van der Waals surface area (Å²) in [5.74, 6) is 0. The van der Waals surface area contributed by atoms with Crippen LogP contribution in [0.4, 0.5) is 5.69 Å². The lowest BCUT2D eigenvalue weighted by Crippen LogP contribution is -2.32. The predicted molar refractivity (Wildman–Crippen MR) is 147 cm³/mol. The third kappa shape index (κ3) is 11.1. The number of anilines is 1.